The van der Waals surface area contributed by atoms with Crippen LogP contribution in [0.1, 0.15) is 19.3 Å². The molecule has 0 N–H and O–H groups in total. The maximum Gasteiger partial charge on any atom is 0.112 e. The second-order valence-electron chi connectivity index (χ2n) is 5.53. The van der Waals surface area contributed by atoms with E-state index >= 15 is 0 Å². The van der Waals surface area contributed by atoms with Crippen LogP contribution >= 0.6 is 0 Å². The van der Waals surface area contributed by atoms with Gasteiger partial charge in [0.2, 0.25) is 0 Å². The molecule has 1 saturated heterocycles. The summed E-state index contributed by atoms with van der Waals surface area (Å²) < 4.78 is 19.3. The van der Waals surface area contributed by atoms with Gasteiger partial charge in [-0.15, -0.1) is 0 Å². The van der Waals surface area contributed by atoms with Crippen molar-refractivity contribution in [1.29, 1.82) is 0 Å². The topological polar surface area (TPSA) is 15.7 Å². The Kier molecular flexibility index (Phi) is 3.71. The van der Waals surface area contributed by atoms with Crippen molar-refractivity contribution in [2.45, 2.75) is 25.4 Å². The van der Waals surface area contributed by atoms with E-state index in [4.69, 9.17) is 4.74 Å². The van der Waals surface area contributed by atoms with Crippen LogP contribution in [0.25, 0.3) is 0 Å². The Morgan fingerprint density at radius 2 is 2.37 bits per heavy atom. The standard InChI is InChI=1S/C15H21FN2O/c1-19-15(14-7-2-3-8-18(14)16)11-17-9-12-5-4-6-13(12)10-17/h3,5,7-8,13,15H,2,4,6,9-11H2,1H3/t13?,15-/m0/s1. The van der Waals surface area contributed by atoms with Gasteiger partial charge in [0.15, 0.2) is 0 Å². The van der Waals surface area contributed by atoms with Crippen molar-refractivity contribution in [2.75, 3.05) is 26.7 Å². The molecule has 1 fully saturated rings. The molecule has 0 amide bonds. The molecule has 3 rings (SSSR count). The summed E-state index contributed by atoms with van der Waals surface area (Å²) >= 11 is 0. The van der Waals surface area contributed by atoms with Gasteiger partial charge in [-0.2, -0.15) is 5.12 Å². The number of allylic oxidation sites excluding steroid dienone is 3. The molecule has 104 valence electrons. The Balaban J connectivity index is 1.63. The Bertz CT molecular complexity index is 430. The summed E-state index contributed by atoms with van der Waals surface area (Å²) in [6, 6.07) is 0. The number of methoxy groups -OCH3 is 1. The molecule has 3 nitrogen and oxygen atoms in total. The van der Waals surface area contributed by atoms with Crippen LogP contribution in [0.3, 0.4) is 0 Å². The van der Waals surface area contributed by atoms with Crippen molar-refractivity contribution >= 4 is 0 Å². The minimum Gasteiger partial charge on any atom is -0.374 e. The van der Waals surface area contributed by atoms with Gasteiger partial charge in [0, 0.05) is 32.9 Å². The van der Waals surface area contributed by atoms with E-state index in [0.29, 0.717) is 10.8 Å². The number of fused-ring (bicyclic) bond motifs is 1. The highest BCUT2D eigenvalue weighted by molar-refractivity contribution is 5.21. The molecule has 0 aromatic carbocycles. The Morgan fingerprint density at radius 1 is 1.47 bits per heavy atom. The zero-order valence-electron chi connectivity index (χ0n) is 11.4. The summed E-state index contributed by atoms with van der Waals surface area (Å²) in [6.45, 7) is 2.89. The number of nitrogens with zero attached hydrogens (tertiary/aromatic N) is 2. The highest BCUT2D eigenvalue weighted by Gasteiger charge is 2.32. The third kappa shape index (κ3) is 2.60. The first-order chi connectivity index (χ1) is 9.28. The lowest BCUT2D eigenvalue weighted by Crippen LogP contribution is -2.36. The molecule has 19 heavy (non-hydrogen) atoms. The molecule has 2 heterocycles. The fourth-order valence-electron chi connectivity index (χ4n) is 3.31. The zero-order chi connectivity index (χ0) is 13.2. The van der Waals surface area contributed by atoms with Crippen molar-refractivity contribution in [3.63, 3.8) is 0 Å². The van der Waals surface area contributed by atoms with E-state index in [1.807, 2.05) is 6.08 Å². The first-order valence-corrected chi connectivity index (χ1v) is 7.03. The van der Waals surface area contributed by atoms with E-state index < -0.39 is 0 Å². The molecule has 1 unspecified atom stereocenters. The molecule has 0 radical (unpaired) electrons. The Hall–Kier alpha value is -1.13. The molecule has 2 atom stereocenters. The Labute approximate surface area is 113 Å². The lowest BCUT2D eigenvalue weighted by molar-refractivity contribution is 0.0341. The number of halogens is 1. The fraction of sp³-hybridized carbons (Fsp3) is 0.600. The second kappa shape index (κ2) is 5.47. The van der Waals surface area contributed by atoms with E-state index in [2.05, 4.69) is 11.0 Å². The summed E-state index contributed by atoms with van der Waals surface area (Å²) in [7, 11) is 1.66. The van der Waals surface area contributed by atoms with Crippen LogP contribution in [-0.2, 0) is 4.74 Å². The lowest BCUT2D eigenvalue weighted by atomic mass is 10.1. The van der Waals surface area contributed by atoms with E-state index in [9.17, 15) is 4.48 Å². The van der Waals surface area contributed by atoms with Crippen molar-refractivity contribution in [3.05, 3.63) is 35.7 Å². The number of hydrogen-bond donors (Lipinski definition) is 0. The van der Waals surface area contributed by atoms with Crippen LogP contribution in [0, 0.1) is 5.92 Å². The molecule has 4 heteroatoms. The van der Waals surface area contributed by atoms with Crippen LogP contribution in [-0.4, -0.2) is 42.9 Å². The predicted molar refractivity (Wildman–Crippen MR) is 72.8 cm³/mol. The second-order valence-corrected chi connectivity index (χ2v) is 5.53. The van der Waals surface area contributed by atoms with Crippen LogP contribution in [0.15, 0.2) is 35.7 Å². The molecular formula is C15H21FN2O. The normalized spacial score (nSPS) is 28.3. The molecule has 0 aromatic heterocycles. The average Bonchev–Trinajstić information content (AvgIpc) is 2.97. The molecule has 0 aromatic rings. The minimum atomic E-state index is -0.186. The molecule has 2 aliphatic heterocycles. The summed E-state index contributed by atoms with van der Waals surface area (Å²) in [5.41, 5.74) is 2.21. The van der Waals surface area contributed by atoms with Gasteiger partial charge >= 0.3 is 0 Å². The molecule has 0 saturated carbocycles. The molecular weight excluding hydrogens is 243 g/mol. The largest absolute Gasteiger partial charge is 0.374 e. The third-order valence-electron chi connectivity index (χ3n) is 4.32. The van der Waals surface area contributed by atoms with Gasteiger partial charge in [0.25, 0.3) is 0 Å². The first kappa shape index (κ1) is 12.9. The van der Waals surface area contributed by atoms with Crippen LogP contribution in [0.4, 0.5) is 4.48 Å². The third-order valence-corrected chi connectivity index (χ3v) is 4.32. The zero-order valence-corrected chi connectivity index (χ0v) is 11.4. The highest BCUT2D eigenvalue weighted by Crippen LogP contribution is 2.33. The first-order valence-electron chi connectivity index (χ1n) is 7.03. The van der Waals surface area contributed by atoms with Crippen molar-refractivity contribution in [1.82, 2.24) is 10.0 Å². The summed E-state index contributed by atoms with van der Waals surface area (Å²) in [5, 5.41) is 0.688. The average molecular weight is 264 g/mol. The van der Waals surface area contributed by atoms with Gasteiger partial charge in [0.1, 0.15) is 6.10 Å². The number of ether oxygens (including phenoxy) is 1. The van der Waals surface area contributed by atoms with Gasteiger partial charge < -0.3 is 4.74 Å². The van der Waals surface area contributed by atoms with Gasteiger partial charge in [-0.25, -0.2) is 0 Å². The number of likely N-dealkylation sites (tertiary alicyclic amines) is 1. The van der Waals surface area contributed by atoms with E-state index in [1.54, 1.807) is 18.8 Å². The number of hydrogen-bond acceptors (Lipinski definition) is 3. The van der Waals surface area contributed by atoms with Gasteiger partial charge in [-0.05, 0) is 25.2 Å². The predicted octanol–water partition coefficient (Wildman–Crippen LogP) is 2.64. The highest BCUT2D eigenvalue weighted by atomic mass is 19.2. The van der Waals surface area contributed by atoms with Crippen molar-refractivity contribution in [3.8, 4) is 0 Å². The summed E-state index contributed by atoms with van der Waals surface area (Å²) in [5.74, 6) is 0.735. The van der Waals surface area contributed by atoms with E-state index in [0.717, 1.165) is 32.0 Å². The molecule has 3 aliphatic rings. The van der Waals surface area contributed by atoms with Gasteiger partial charge in [0.05, 0.1) is 5.70 Å². The monoisotopic (exact) mass is 264 g/mol. The van der Waals surface area contributed by atoms with Gasteiger partial charge in [-0.1, -0.05) is 28.3 Å². The minimum absolute atomic E-state index is 0.186. The summed E-state index contributed by atoms with van der Waals surface area (Å²) in [6.07, 6.45) is 10.7. The number of rotatable bonds is 4. The Morgan fingerprint density at radius 3 is 3.11 bits per heavy atom. The maximum atomic E-state index is 13.8. The van der Waals surface area contributed by atoms with Crippen molar-refractivity contribution < 1.29 is 9.22 Å². The maximum absolute atomic E-state index is 13.8. The van der Waals surface area contributed by atoms with Crippen LogP contribution in [0.5, 0.6) is 0 Å². The van der Waals surface area contributed by atoms with Crippen LogP contribution in [0.2, 0.25) is 0 Å². The van der Waals surface area contributed by atoms with E-state index in [1.165, 1.54) is 19.0 Å². The van der Waals surface area contributed by atoms with Gasteiger partial charge in [-0.3, -0.25) is 4.90 Å². The van der Waals surface area contributed by atoms with Crippen molar-refractivity contribution in [2.24, 2.45) is 5.92 Å². The van der Waals surface area contributed by atoms with Crippen LogP contribution < -0.4 is 0 Å². The SMILES string of the molecule is CO[C@@H](CN1CC2=CCCC2C1)C1=CCC=CN1F. The summed E-state index contributed by atoms with van der Waals surface area (Å²) in [4.78, 5) is 2.39. The molecule has 0 bridgehead atoms. The van der Waals surface area contributed by atoms with E-state index in [-0.39, 0.29) is 6.10 Å². The lowest BCUT2D eigenvalue weighted by Gasteiger charge is -2.28. The molecule has 0 spiro atoms. The quantitative estimate of drug-likeness (QED) is 0.573. The molecule has 1 aliphatic carbocycles. The smallest absolute Gasteiger partial charge is 0.112 e. The fourth-order valence-corrected chi connectivity index (χ4v) is 3.31.